The molecular formula is C17H23N3O2. The third-order valence-corrected chi connectivity index (χ3v) is 3.92. The zero-order valence-corrected chi connectivity index (χ0v) is 12.8. The fourth-order valence-electron chi connectivity index (χ4n) is 2.68. The van der Waals surface area contributed by atoms with Gasteiger partial charge in [-0.25, -0.2) is 0 Å². The fourth-order valence-corrected chi connectivity index (χ4v) is 2.68. The molecule has 1 heterocycles. The smallest absolute Gasteiger partial charge is 0.193 e. The first kappa shape index (κ1) is 14.8. The molecule has 0 amide bonds. The Balaban J connectivity index is 1.59. The van der Waals surface area contributed by atoms with E-state index in [-0.39, 0.29) is 0 Å². The van der Waals surface area contributed by atoms with Gasteiger partial charge in [-0.3, -0.25) is 4.99 Å². The molecule has 0 saturated heterocycles. The molecule has 1 aliphatic heterocycles. The van der Waals surface area contributed by atoms with E-state index in [2.05, 4.69) is 22.5 Å². The molecule has 1 aromatic carbocycles. The van der Waals surface area contributed by atoms with E-state index >= 15 is 0 Å². The van der Waals surface area contributed by atoms with Gasteiger partial charge in [-0.15, -0.1) is 0 Å². The minimum atomic E-state index is 0.448. The summed E-state index contributed by atoms with van der Waals surface area (Å²) in [6.45, 7) is 2.14. The van der Waals surface area contributed by atoms with E-state index in [0.29, 0.717) is 25.1 Å². The van der Waals surface area contributed by atoms with Crippen LogP contribution < -0.4 is 20.5 Å². The van der Waals surface area contributed by atoms with Crippen LogP contribution in [-0.4, -0.2) is 25.7 Å². The summed E-state index contributed by atoms with van der Waals surface area (Å²) < 4.78 is 11.3. The number of nitrogens with two attached hydrogens (primary N) is 1. The minimum Gasteiger partial charge on any atom is -0.490 e. The first-order chi connectivity index (χ1) is 10.8. The number of benzene rings is 1. The van der Waals surface area contributed by atoms with E-state index in [1.54, 1.807) is 0 Å². The highest BCUT2D eigenvalue weighted by Gasteiger charge is 2.12. The van der Waals surface area contributed by atoms with Gasteiger partial charge in [0.25, 0.3) is 0 Å². The molecule has 3 N–H and O–H groups in total. The van der Waals surface area contributed by atoms with Crippen molar-refractivity contribution >= 4 is 11.6 Å². The molecular weight excluding hydrogens is 278 g/mol. The monoisotopic (exact) mass is 301 g/mol. The molecule has 1 aliphatic carbocycles. The molecule has 1 atom stereocenters. The molecule has 0 fully saturated rings. The molecule has 0 bridgehead atoms. The van der Waals surface area contributed by atoms with E-state index in [1.165, 1.54) is 6.42 Å². The van der Waals surface area contributed by atoms with Crippen molar-refractivity contribution in [2.24, 2.45) is 16.6 Å². The van der Waals surface area contributed by atoms with E-state index in [9.17, 15) is 0 Å². The maximum Gasteiger partial charge on any atom is 0.193 e. The molecule has 0 radical (unpaired) electrons. The molecule has 118 valence electrons. The van der Waals surface area contributed by atoms with Crippen LogP contribution in [-0.2, 0) is 0 Å². The van der Waals surface area contributed by atoms with Gasteiger partial charge in [0.1, 0.15) is 0 Å². The fraction of sp³-hybridized carbons (Fsp3) is 0.471. The van der Waals surface area contributed by atoms with Crippen molar-refractivity contribution in [2.75, 3.05) is 25.1 Å². The summed E-state index contributed by atoms with van der Waals surface area (Å²) >= 11 is 0. The van der Waals surface area contributed by atoms with Gasteiger partial charge in [-0.2, -0.15) is 0 Å². The number of fused-ring (bicyclic) bond motifs is 1. The molecule has 0 aromatic heterocycles. The van der Waals surface area contributed by atoms with Crippen molar-refractivity contribution in [1.82, 2.24) is 0 Å². The average Bonchev–Trinajstić information content (AvgIpc) is 2.79. The number of nitrogens with one attached hydrogen (secondary N) is 1. The Morgan fingerprint density at radius 2 is 2.09 bits per heavy atom. The van der Waals surface area contributed by atoms with Crippen molar-refractivity contribution in [2.45, 2.75) is 25.7 Å². The molecule has 0 spiro atoms. The predicted octanol–water partition coefficient (Wildman–Crippen LogP) is 2.93. The summed E-state index contributed by atoms with van der Waals surface area (Å²) in [5.41, 5.74) is 6.85. The maximum absolute atomic E-state index is 5.98. The Hall–Kier alpha value is -2.17. The van der Waals surface area contributed by atoms with E-state index < -0.39 is 0 Å². The van der Waals surface area contributed by atoms with Crippen molar-refractivity contribution in [3.8, 4) is 11.5 Å². The van der Waals surface area contributed by atoms with Crippen LogP contribution in [0.15, 0.2) is 35.3 Å². The second kappa shape index (κ2) is 7.20. The molecule has 5 heteroatoms. The van der Waals surface area contributed by atoms with E-state index in [0.717, 1.165) is 43.0 Å². The van der Waals surface area contributed by atoms with Crippen molar-refractivity contribution < 1.29 is 9.47 Å². The van der Waals surface area contributed by atoms with Crippen molar-refractivity contribution in [1.29, 1.82) is 0 Å². The lowest BCUT2D eigenvalue weighted by Gasteiger charge is -2.15. The van der Waals surface area contributed by atoms with Gasteiger partial charge in [-0.1, -0.05) is 12.2 Å². The number of allylic oxidation sites excluding steroid dienone is 2. The predicted molar refractivity (Wildman–Crippen MR) is 88.6 cm³/mol. The Morgan fingerprint density at radius 1 is 1.23 bits per heavy atom. The van der Waals surface area contributed by atoms with Crippen molar-refractivity contribution in [3.05, 3.63) is 30.4 Å². The van der Waals surface area contributed by atoms with Gasteiger partial charge in [0.15, 0.2) is 17.5 Å². The lowest BCUT2D eigenvalue weighted by molar-refractivity contribution is 0.297. The third-order valence-electron chi connectivity index (χ3n) is 3.92. The highest BCUT2D eigenvalue weighted by atomic mass is 16.5. The van der Waals surface area contributed by atoms with Crippen LogP contribution in [0.3, 0.4) is 0 Å². The number of hydrogen-bond donors (Lipinski definition) is 2. The number of guanidine groups is 1. The number of anilines is 1. The first-order valence-electron chi connectivity index (χ1n) is 7.93. The van der Waals surface area contributed by atoms with Crippen LogP contribution in [0.4, 0.5) is 5.69 Å². The van der Waals surface area contributed by atoms with Gasteiger partial charge in [-0.05, 0) is 37.3 Å². The Bertz CT molecular complexity index is 569. The van der Waals surface area contributed by atoms with Crippen LogP contribution in [0.2, 0.25) is 0 Å². The number of ether oxygens (including phenoxy) is 2. The van der Waals surface area contributed by atoms with Gasteiger partial charge in [0, 0.05) is 24.7 Å². The maximum atomic E-state index is 5.98. The zero-order chi connectivity index (χ0) is 15.2. The number of rotatable bonds is 3. The largest absolute Gasteiger partial charge is 0.490 e. The standard InChI is InChI=1S/C17H23N3O2/c18-17(19-12-13-5-2-1-3-6-13)20-14-7-8-15-16(11-14)22-10-4-9-21-15/h1-2,7-8,11,13H,3-6,9-10,12H2,(H3,18,19,20). The summed E-state index contributed by atoms with van der Waals surface area (Å²) in [6, 6.07) is 5.74. The Kier molecular flexibility index (Phi) is 4.83. The van der Waals surface area contributed by atoms with E-state index in [4.69, 9.17) is 15.2 Å². The van der Waals surface area contributed by atoms with Crippen LogP contribution in [0.25, 0.3) is 0 Å². The first-order valence-corrected chi connectivity index (χ1v) is 7.93. The second-order valence-electron chi connectivity index (χ2n) is 5.71. The molecule has 5 nitrogen and oxygen atoms in total. The topological polar surface area (TPSA) is 68.9 Å². The Morgan fingerprint density at radius 3 is 2.91 bits per heavy atom. The zero-order valence-electron chi connectivity index (χ0n) is 12.8. The summed E-state index contributed by atoms with van der Waals surface area (Å²) in [5.74, 6) is 2.60. The normalized spacial score (nSPS) is 21.3. The van der Waals surface area contributed by atoms with Crippen LogP contribution in [0.1, 0.15) is 25.7 Å². The molecule has 1 unspecified atom stereocenters. The summed E-state index contributed by atoms with van der Waals surface area (Å²) in [7, 11) is 0. The van der Waals surface area contributed by atoms with Gasteiger partial charge < -0.3 is 20.5 Å². The number of nitrogens with zero attached hydrogens (tertiary/aromatic N) is 1. The second-order valence-corrected chi connectivity index (χ2v) is 5.71. The molecule has 1 aromatic rings. The van der Waals surface area contributed by atoms with Crippen LogP contribution in [0.5, 0.6) is 11.5 Å². The van der Waals surface area contributed by atoms with E-state index in [1.807, 2.05) is 18.2 Å². The summed E-state index contributed by atoms with van der Waals surface area (Å²) in [5, 5.41) is 3.13. The quantitative estimate of drug-likeness (QED) is 0.512. The van der Waals surface area contributed by atoms with Crippen molar-refractivity contribution in [3.63, 3.8) is 0 Å². The lowest BCUT2D eigenvalue weighted by Crippen LogP contribution is -2.24. The van der Waals surface area contributed by atoms with Gasteiger partial charge >= 0.3 is 0 Å². The van der Waals surface area contributed by atoms with Crippen LogP contribution in [0, 0.1) is 5.92 Å². The SMILES string of the molecule is NC(=NCC1CC=CCC1)Nc1ccc2c(c1)OCCCO2. The van der Waals surface area contributed by atoms with Crippen LogP contribution >= 0.6 is 0 Å². The third kappa shape index (κ3) is 3.93. The Labute approximate surface area is 131 Å². The lowest BCUT2D eigenvalue weighted by atomic mass is 9.95. The summed E-state index contributed by atoms with van der Waals surface area (Å²) in [6.07, 6.45) is 8.81. The highest BCUT2D eigenvalue weighted by Crippen LogP contribution is 2.32. The number of hydrogen-bond acceptors (Lipinski definition) is 3. The highest BCUT2D eigenvalue weighted by molar-refractivity contribution is 5.92. The van der Waals surface area contributed by atoms with Gasteiger partial charge in [0.05, 0.1) is 13.2 Å². The molecule has 2 aliphatic rings. The van der Waals surface area contributed by atoms with Gasteiger partial charge in [0.2, 0.25) is 0 Å². The average molecular weight is 301 g/mol. The number of aliphatic imine (C=N–C) groups is 1. The molecule has 3 rings (SSSR count). The molecule has 0 saturated carbocycles. The molecule has 22 heavy (non-hydrogen) atoms. The summed E-state index contributed by atoms with van der Waals surface area (Å²) in [4.78, 5) is 4.45. The minimum absolute atomic E-state index is 0.448.